The van der Waals surface area contributed by atoms with Crippen LogP contribution in [0.15, 0.2) is 24.4 Å². The molecule has 0 atom stereocenters. The van der Waals surface area contributed by atoms with Crippen LogP contribution in [0.5, 0.6) is 0 Å². The van der Waals surface area contributed by atoms with Gasteiger partial charge in [0.15, 0.2) is 0 Å². The van der Waals surface area contributed by atoms with E-state index in [9.17, 15) is 4.79 Å². The van der Waals surface area contributed by atoms with E-state index >= 15 is 0 Å². The lowest BCUT2D eigenvalue weighted by atomic mass is 10.3. The zero-order valence-corrected chi connectivity index (χ0v) is 12.4. The molecular formula is C15H24N4O2. The standard InChI is InChI=1S/C15H24N4O2/c20-15(18-7-8-19-9-11-21-12-10-19)4-6-16-13-14-3-1-2-5-17-14/h1-3,5,16H,4,6-13H2,(H,18,20). The quantitative estimate of drug-likeness (QED) is 0.661. The Morgan fingerprint density at radius 1 is 1.29 bits per heavy atom. The molecule has 0 radical (unpaired) electrons. The fourth-order valence-corrected chi connectivity index (χ4v) is 2.19. The number of nitrogens with one attached hydrogen (secondary N) is 2. The summed E-state index contributed by atoms with van der Waals surface area (Å²) in [7, 11) is 0. The Balaban J connectivity index is 1.47. The Hall–Kier alpha value is -1.50. The molecule has 1 aliphatic heterocycles. The van der Waals surface area contributed by atoms with E-state index in [1.54, 1.807) is 6.20 Å². The Morgan fingerprint density at radius 3 is 2.90 bits per heavy atom. The third-order valence-corrected chi connectivity index (χ3v) is 3.42. The van der Waals surface area contributed by atoms with Gasteiger partial charge in [0.1, 0.15) is 0 Å². The van der Waals surface area contributed by atoms with E-state index < -0.39 is 0 Å². The third-order valence-electron chi connectivity index (χ3n) is 3.42. The molecule has 2 heterocycles. The number of ether oxygens (including phenoxy) is 1. The predicted octanol–water partition coefficient (Wildman–Crippen LogP) is 0.00970. The first-order chi connectivity index (χ1) is 10.3. The zero-order chi connectivity index (χ0) is 14.8. The van der Waals surface area contributed by atoms with Crippen molar-refractivity contribution in [2.45, 2.75) is 13.0 Å². The second-order valence-corrected chi connectivity index (χ2v) is 5.05. The second-order valence-electron chi connectivity index (χ2n) is 5.05. The van der Waals surface area contributed by atoms with Crippen LogP contribution in [0.1, 0.15) is 12.1 Å². The van der Waals surface area contributed by atoms with Gasteiger partial charge in [0.05, 0.1) is 18.9 Å². The number of amides is 1. The average molecular weight is 292 g/mol. The summed E-state index contributed by atoms with van der Waals surface area (Å²) in [5.41, 5.74) is 0.991. The Kier molecular flexibility index (Phi) is 7.14. The number of carbonyl (C=O) groups excluding carboxylic acids is 1. The minimum Gasteiger partial charge on any atom is -0.379 e. The van der Waals surface area contributed by atoms with Crippen LogP contribution >= 0.6 is 0 Å². The Bertz CT molecular complexity index is 407. The summed E-state index contributed by atoms with van der Waals surface area (Å²) in [5.74, 6) is 0.0942. The van der Waals surface area contributed by atoms with E-state index in [4.69, 9.17) is 4.74 Å². The number of carbonyl (C=O) groups is 1. The molecule has 1 aliphatic rings. The summed E-state index contributed by atoms with van der Waals surface area (Å²) < 4.78 is 5.29. The van der Waals surface area contributed by atoms with Crippen LogP contribution in [0.2, 0.25) is 0 Å². The van der Waals surface area contributed by atoms with Crippen LogP contribution in [0.3, 0.4) is 0 Å². The lowest BCUT2D eigenvalue weighted by molar-refractivity contribution is -0.121. The summed E-state index contributed by atoms with van der Waals surface area (Å²) >= 11 is 0. The van der Waals surface area contributed by atoms with Crippen LogP contribution in [-0.2, 0) is 16.1 Å². The van der Waals surface area contributed by atoms with Crippen LogP contribution < -0.4 is 10.6 Å². The van der Waals surface area contributed by atoms with E-state index in [0.717, 1.165) is 38.5 Å². The molecule has 1 fully saturated rings. The fourth-order valence-electron chi connectivity index (χ4n) is 2.19. The minimum absolute atomic E-state index is 0.0942. The number of rotatable bonds is 8. The van der Waals surface area contributed by atoms with Crippen molar-refractivity contribution in [3.8, 4) is 0 Å². The molecule has 21 heavy (non-hydrogen) atoms. The minimum atomic E-state index is 0.0942. The van der Waals surface area contributed by atoms with Gasteiger partial charge in [0, 0.05) is 51.9 Å². The number of hydrogen-bond acceptors (Lipinski definition) is 5. The molecule has 1 saturated heterocycles. The molecule has 0 saturated carbocycles. The molecule has 2 rings (SSSR count). The lowest BCUT2D eigenvalue weighted by Gasteiger charge is -2.26. The molecule has 0 unspecified atom stereocenters. The van der Waals surface area contributed by atoms with Gasteiger partial charge < -0.3 is 15.4 Å². The molecule has 116 valence electrons. The third kappa shape index (κ3) is 6.66. The first-order valence-electron chi connectivity index (χ1n) is 7.52. The molecule has 0 bridgehead atoms. The normalized spacial score (nSPS) is 15.8. The van der Waals surface area contributed by atoms with Gasteiger partial charge in [0.25, 0.3) is 0 Å². The van der Waals surface area contributed by atoms with Gasteiger partial charge in [-0.15, -0.1) is 0 Å². The van der Waals surface area contributed by atoms with Crippen molar-refractivity contribution >= 4 is 5.91 Å². The topological polar surface area (TPSA) is 66.5 Å². The van der Waals surface area contributed by atoms with Crippen LogP contribution in [0.4, 0.5) is 0 Å². The van der Waals surface area contributed by atoms with Gasteiger partial charge in [0.2, 0.25) is 5.91 Å². The lowest BCUT2D eigenvalue weighted by Crippen LogP contribution is -2.41. The molecular weight excluding hydrogens is 268 g/mol. The van der Waals surface area contributed by atoms with Crippen molar-refractivity contribution in [1.29, 1.82) is 0 Å². The van der Waals surface area contributed by atoms with Gasteiger partial charge in [-0.1, -0.05) is 6.07 Å². The molecule has 1 aromatic heterocycles. The zero-order valence-electron chi connectivity index (χ0n) is 12.4. The molecule has 1 amide bonds. The Morgan fingerprint density at radius 2 is 2.14 bits per heavy atom. The molecule has 0 aliphatic carbocycles. The van der Waals surface area contributed by atoms with Crippen molar-refractivity contribution in [2.75, 3.05) is 45.9 Å². The Labute approximate surface area is 125 Å². The van der Waals surface area contributed by atoms with Gasteiger partial charge in [-0.05, 0) is 12.1 Å². The molecule has 6 heteroatoms. The monoisotopic (exact) mass is 292 g/mol. The van der Waals surface area contributed by atoms with E-state index in [1.807, 2.05) is 18.2 Å². The van der Waals surface area contributed by atoms with Crippen molar-refractivity contribution in [1.82, 2.24) is 20.5 Å². The molecule has 6 nitrogen and oxygen atoms in total. The molecule has 0 aromatic carbocycles. The van der Waals surface area contributed by atoms with E-state index in [2.05, 4.69) is 20.5 Å². The van der Waals surface area contributed by atoms with Crippen molar-refractivity contribution in [2.24, 2.45) is 0 Å². The van der Waals surface area contributed by atoms with E-state index in [-0.39, 0.29) is 5.91 Å². The van der Waals surface area contributed by atoms with E-state index in [0.29, 0.717) is 26.1 Å². The SMILES string of the molecule is O=C(CCNCc1ccccn1)NCCN1CCOCC1. The highest BCUT2D eigenvalue weighted by atomic mass is 16.5. The maximum Gasteiger partial charge on any atom is 0.221 e. The highest BCUT2D eigenvalue weighted by molar-refractivity contribution is 5.76. The summed E-state index contributed by atoms with van der Waals surface area (Å²) in [5, 5.41) is 6.17. The van der Waals surface area contributed by atoms with Gasteiger partial charge in [-0.3, -0.25) is 14.7 Å². The number of nitrogens with zero attached hydrogens (tertiary/aromatic N) is 2. The molecule has 0 spiro atoms. The van der Waals surface area contributed by atoms with Gasteiger partial charge in [-0.2, -0.15) is 0 Å². The largest absolute Gasteiger partial charge is 0.379 e. The number of hydrogen-bond donors (Lipinski definition) is 2. The first-order valence-corrected chi connectivity index (χ1v) is 7.52. The highest BCUT2D eigenvalue weighted by Gasteiger charge is 2.09. The number of morpholine rings is 1. The maximum absolute atomic E-state index is 11.7. The summed E-state index contributed by atoms with van der Waals surface area (Å²) in [6, 6.07) is 5.82. The number of aromatic nitrogens is 1. The summed E-state index contributed by atoms with van der Waals surface area (Å²) in [6.45, 7) is 6.48. The van der Waals surface area contributed by atoms with Gasteiger partial charge in [-0.25, -0.2) is 0 Å². The smallest absolute Gasteiger partial charge is 0.221 e. The highest BCUT2D eigenvalue weighted by Crippen LogP contribution is 1.95. The summed E-state index contributed by atoms with van der Waals surface area (Å²) in [4.78, 5) is 18.2. The van der Waals surface area contributed by atoms with Crippen LogP contribution in [-0.4, -0.2) is 61.7 Å². The van der Waals surface area contributed by atoms with Gasteiger partial charge >= 0.3 is 0 Å². The molecule has 2 N–H and O–H groups in total. The second kappa shape index (κ2) is 9.44. The summed E-state index contributed by atoms with van der Waals surface area (Å²) in [6.07, 6.45) is 2.27. The first kappa shape index (κ1) is 15.9. The van der Waals surface area contributed by atoms with Crippen molar-refractivity contribution in [3.63, 3.8) is 0 Å². The van der Waals surface area contributed by atoms with Crippen LogP contribution in [0, 0.1) is 0 Å². The number of pyridine rings is 1. The van der Waals surface area contributed by atoms with Crippen LogP contribution in [0.25, 0.3) is 0 Å². The maximum atomic E-state index is 11.7. The molecule has 1 aromatic rings. The van der Waals surface area contributed by atoms with E-state index in [1.165, 1.54) is 0 Å². The fraction of sp³-hybridized carbons (Fsp3) is 0.600. The van der Waals surface area contributed by atoms with Crippen molar-refractivity contribution < 1.29 is 9.53 Å². The average Bonchev–Trinajstić information content (AvgIpc) is 2.54. The predicted molar refractivity (Wildman–Crippen MR) is 80.8 cm³/mol. The van der Waals surface area contributed by atoms with Crippen molar-refractivity contribution in [3.05, 3.63) is 30.1 Å².